The molecule has 0 aliphatic carbocycles. The number of carbonyl (C=O) groups is 3. The number of allylic oxidation sites excluding steroid dienone is 1. The number of hydrogen-bond acceptors (Lipinski definition) is 7. The van der Waals surface area contributed by atoms with Crippen LogP contribution in [0.1, 0.15) is 61.6 Å². The van der Waals surface area contributed by atoms with Crippen molar-refractivity contribution in [2.24, 2.45) is 5.92 Å². The van der Waals surface area contributed by atoms with Crippen LogP contribution in [-0.4, -0.2) is 36.0 Å². The molecule has 3 aliphatic rings. The monoisotopic (exact) mass is 400 g/mol. The van der Waals surface area contributed by atoms with Crippen molar-refractivity contribution in [2.45, 2.75) is 63.9 Å². The van der Waals surface area contributed by atoms with Crippen LogP contribution in [-0.2, 0) is 30.2 Å². The van der Waals surface area contributed by atoms with Gasteiger partial charge in [0.25, 0.3) is 0 Å². The van der Waals surface area contributed by atoms with E-state index in [4.69, 9.17) is 18.6 Å². The molecule has 5 atom stereocenters. The zero-order valence-corrected chi connectivity index (χ0v) is 16.7. The fourth-order valence-electron chi connectivity index (χ4n) is 4.23. The Morgan fingerprint density at radius 3 is 2.79 bits per heavy atom. The summed E-state index contributed by atoms with van der Waals surface area (Å²) in [5.41, 5.74) is 1.08. The third-order valence-corrected chi connectivity index (χ3v) is 5.88. The normalized spacial score (nSPS) is 33.2. The molecule has 1 aromatic heterocycles. The van der Waals surface area contributed by atoms with Gasteiger partial charge in [-0.2, -0.15) is 0 Å². The van der Waals surface area contributed by atoms with Crippen molar-refractivity contribution in [1.82, 2.24) is 0 Å². The first-order chi connectivity index (χ1) is 13.7. The van der Waals surface area contributed by atoms with Gasteiger partial charge >= 0.3 is 11.9 Å². The summed E-state index contributed by atoms with van der Waals surface area (Å²) in [7, 11) is 0. The maximum atomic E-state index is 12.5. The number of aldehydes is 1. The lowest BCUT2D eigenvalue weighted by Gasteiger charge is -2.23. The van der Waals surface area contributed by atoms with E-state index in [1.165, 1.54) is 6.92 Å². The molecule has 1 saturated heterocycles. The van der Waals surface area contributed by atoms with E-state index in [2.05, 4.69) is 6.58 Å². The molecule has 3 aliphatic heterocycles. The van der Waals surface area contributed by atoms with Gasteiger partial charge in [-0.05, 0) is 38.3 Å². The molecule has 0 aromatic carbocycles. The smallest absolute Gasteiger partial charge is 0.338 e. The SMILES string of the molecule is C=C(C)C1Cc2oc(cc2C=O)[C@@H]2O[C@]2(C)C[C@@H]2C=C(C(=O)O2)[C@@H](OC(C)=O)C1. The second-order valence-corrected chi connectivity index (χ2v) is 8.31. The largest absolute Gasteiger partial charge is 0.462 e. The molecular weight excluding hydrogens is 376 g/mol. The average molecular weight is 400 g/mol. The number of epoxide rings is 1. The zero-order chi connectivity index (χ0) is 20.9. The molecule has 154 valence electrons. The van der Waals surface area contributed by atoms with Crippen molar-refractivity contribution >= 4 is 18.2 Å². The first kappa shape index (κ1) is 19.6. The van der Waals surface area contributed by atoms with Crippen molar-refractivity contribution in [2.75, 3.05) is 0 Å². The van der Waals surface area contributed by atoms with E-state index in [0.717, 1.165) is 11.9 Å². The number of esters is 2. The molecule has 1 aromatic rings. The Balaban J connectivity index is 1.76. The Hall–Kier alpha value is -2.67. The Labute approximate surface area is 168 Å². The minimum Gasteiger partial charge on any atom is -0.462 e. The van der Waals surface area contributed by atoms with Crippen molar-refractivity contribution in [3.05, 3.63) is 47.0 Å². The highest BCUT2D eigenvalue weighted by molar-refractivity contribution is 5.92. The molecule has 0 N–H and O–H groups in total. The van der Waals surface area contributed by atoms with E-state index in [-0.39, 0.29) is 12.0 Å². The molecule has 29 heavy (non-hydrogen) atoms. The summed E-state index contributed by atoms with van der Waals surface area (Å²) < 4.78 is 22.9. The van der Waals surface area contributed by atoms with E-state index in [1.54, 1.807) is 12.1 Å². The topological polar surface area (TPSA) is 95.3 Å². The summed E-state index contributed by atoms with van der Waals surface area (Å²) in [6.45, 7) is 9.13. The summed E-state index contributed by atoms with van der Waals surface area (Å²) in [6.07, 6.45) is 2.14. The van der Waals surface area contributed by atoms with Gasteiger partial charge in [0.2, 0.25) is 0 Å². The van der Waals surface area contributed by atoms with Crippen molar-refractivity contribution in [3.8, 4) is 0 Å². The predicted octanol–water partition coefficient (Wildman–Crippen LogP) is 3.23. The van der Waals surface area contributed by atoms with Crippen LogP contribution in [0.15, 0.2) is 34.3 Å². The molecule has 0 radical (unpaired) electrons. The number of rotatable bonds is 3. The molecule has 7 heteroatoms. The van der Waals surface area contributed by atoms with Crippen molar-refractivity contribution in [3.63, 3.8) is 0 Å². The molecular formula is C22H24O7. The van der Waals surface area contributed by atoms with Crippen LogP contribution in [0, 0.1) is 5.92 Å². The van der Waals surface area contributed by atoms with Gasteiger partial charge in [0.1, 0.15) is 35.4 Å². The highest BCUT2D eigenvalue weighted by Gasteiger charge is 2.57. The third-order valence-electron chi connectivity index (χ3n) is 5.88. The van der Waals surface area contributed by atoms with E-state index >= 15 is 0 Å². The van der Waals surface area contributed by atoms with E-state index < -0.39 is 29.7 Å². The summed E-state index contributed by atoms with van der Waals surface area (Å²) in [5.74, 6) is 0.00368. The maximum absolute atomic E-state index is 12.5. The van der Waals surface area contributed by atoms with Gasteiger partial charge in [-0.25, -0.2) is 4.79 Å². The summed E-state index contributed by atoms with van der Waals surface area (Å²) in [5, 5.41) is 0. The van der Waals surface area contributed by atoms with Crippen LogP contribution in [0.4, 0.5) is 0 Å². The lowest BCUT2D eigenvalue weighted by molar-refractivity contribution is -0.147. The summed E-state index contributed by atoms with van der Waals surface area (Å²) in [4.78, 5) is 35.8. The Morgan fingerprint density at radius 1 is 1.38 bits per heavy atom. The lowest BCUT2D eigenvalue weighted by atomic mass is 9.87. The minimum absolute atomic E-state index is 0.169. The summed E-state index contributed by atoms with van der Waals surface area (Å²) in [6, 6.07) is 1.71. The molecule has 4 rings (SSSR count). The second kappa shape index (κ2) is 6.99. The van der Waals surface area contributed by atoms with E-state index in [0.29, 0.717) is 41.9 Å². The Morgan fingerprint density at radius 2 is 2.14 bits per heavy atom. The van der Waals surface area contributed by atoms with E-state index in [1.807, 2.05) is 13.8 Å². The van der Waals surface area contributed by atoms with E-state index in [9.17, 15) is 14.4 Å². The molecule has 1 fully saturated rings. The third kappa shape index (κ3) is 3.67. The minimum atomic E-state index is -0.759. The summed E-state index contributed by atoms with van der Waals surface area (Å²) >= 11 is 0. The molecule has 4 heterocycles. The highest BCUT2D eigenvalue weighted by atomic mass is 16.6. The maximum Gasteiger partial charge on any atom is 0.338 e. The fraction of sp³-hybridized carbons (Fsp3) is 0.500. The van der Waals surface area contributed by atoms with Crippen molar-refractivity contribution in [1.29, 1.82) is 0 Å². The zero-order valence-electron chi connectivity index (χ0n) is 16.7. The number of carbonyl (C=O) groups excluding carboxylic acids is 3. The molecule has 0 amide bonds. The fourth-order valence-corrected chi connectivity index (χ4v) is 4.23. The van der Waals surface area contributed by atoms with Crippen LogP contribution in [0.3, 0.4) is 0 Å². The van der Waals surface area contributed by atoms with Crippen LogP contribution in [0.5, 0.6) is 0 Å². The van der Waals surface area contributed by atoms with Crippen LogP contribution in [0.2, 0.25) is 0 Å². The molecule has 0 spiro atoms. The first-order valence-corrected chi connectivity index (χ1v) is 9.71. The van der Waals surface area contributed by atoms with Gasteiger partial charge in [-0.1, -0.05) is 12.2 Å². The second-order valence-electron chi connectivity index (χ2n) is 8.31. The quantitative estimate of drug-likeness (QED) is 0.333. The Bertz CT molecular complexity index is 924. The number of hydrogen-bond donors (Lipinski definition) is 0. The number of furan rings is 1. The van der Waals surface area contributed by atoms with Crippen LogP contribution in [0.25, 0.3) is 0 Å². The van der Waals surface area contributed by atoms with Gasteiger partial charge in [-0.3, -0.25) is 9.59 Å². The standard InChI is InChI=1S/C22H24O7/c1-11(2)13-5-17-14(10-23)7-19(28-17)20-22(4,29-20)9-15-8-16(21(25)27-15)18(6-13)26-12(3)24/h7-8,10,13,15,18,20H,1,5-6,9H2,2-4H3/t13?,15-,18-,20-,22+/m0/s1. The van der Waals surface area contributed by atoms with Crippen LogP contribution < -0.4 is 0 Å². The van der Waals surface area contributed by atoms with Crippen LogP contribution >= 0.6 is 0 Å². The van der Waals surface area contributed by atoms with Gasteiger partial charge in [-0.15, -0.1) is 0 Å². The molecule has 4 bridgehead atoms. The predicted molar refractivity (Wildman–Crippen MR) is 101 cm³/mol. The highest BCUT2D eigenvalue weighted by Crippen LogP contribution is 2.54. The average Bonchev–Trinajstić information content (AvgIpc) is 2.97. The molecule has 1 unspecified atom stereocenters. The van der Waals surface area contributed by atoms with Gasteiger partial charge in [0.15, 0.2) is 6.29 Å². The molecule has 7 nitrogen and oxygen atoms in total. The van der Waals surface area contributed by atoms with Gasteiger partial charge < -0.3 is 18.6 Å². The lowest BCUT2D eigenvalue weighted by Crippen LogP contribution is -2.26. The number of fused-ring (bicyclic) bond motifs is 5. The van der Waals surface area contributed by atoms with Gasteiger partial charge in [0, 0.05) is 19.8 Å². The molecule has 0 saturated carbocycles. The number of ether oxygens (including phenoxy) is 3. The Kier molecular flexibility index (Phi) is 4.73. The van der Waals surface area contributed by atoms with Crippen molar-refractivity contribution < 1.29 is 33.0 Å². The van der Waals surface area contributed by atoms with Gasteiger partial charge in [0.05, 0.1) is 11.1 Å². The first-order valence-electron chi connectivity index (χ1n) is 9.71.